The number of aromatic nitrogens is 1. The van der Waals surface area contributed by atoms with E-state index in [0.29, 0.717) is 12.4 Å². The molecule has 0 aromatic carbocycles. The highest BCUT2D eigenvalue weighted by Gasteiger charge is 1.94. The van der Waals surface area contributed by atoms with Crippen LogP contribution in [0, 0.1) is 0 Å². The third-order valence-corrected chi connectivity index (χ3v) is 1.26. The van der Waals surface area contributed by atoms with Crippen molar-refractivity contribution in [1.82, 2.24) is 4.98 Å². The first-order valence-electron chi connectivity index (χ1n) is 3.54. The Morgan fingerprint density at radius 1 is 1.55 bits per heavy atom. The SMILES string of the molecule is CCOc1cncc(CO)c1. The summed E-state index contributed by atoms with van der Waals surface area (Å²) in [7, 11) is 0. The van der Waals surface area contributed by atoms with Crippen LogP contribution >= 0.6 is 0 Å². The first-order valence-corrected chi connectivity index (χ1v) is 3.54. The monoisotopic (exact) mass is 153 g/mol. The maximum atomic E-state index is 8.73. The Bertz CT molecular complexity index is 225. The molecule has 3 heteroatoms. The Kier molecular flexibility index (Phi) is 2.86. The van der Waals surface area contributed by atoms with Crippen LogP contribution in [0.1, 0.15) is 12.5 Å². The predicted octanol–water partition coefficient (Wildman–Crippen LogP) is 0.973. The van der Waals surface area contributed by atoms with Crippen LogP contribution in [0.2, 0.25) is 0 Å². The van der Waals surface area contributed by atoms with E-state index in [1.165, 1.54) is 0 Å². The van der Waals surface area contributed by atoms with E-state index < -0.39 is 0 Å². The van der Waals surface area contributed by atoms with Gasteiger partial charge in [0.05, 0.1) is 19.4 Å². The third kappa shape index (κ3) is 2.20. The van der Waals surface area contributed by atoms with Crippen LogP contribution in [0.3, 0.4) is 0 Å². The second kappa shape index (κ2) is 3.93. The Morgan fingerprint density at radius 3 is 3.00 bits per heavy atom. The lowest BCUT2D eigenvalue weighted by atomic mass is 10.3. The first-order chi connectivity index (χ1) is 5.36. The second-order valence-corrected chi connectivity index (χ2v) is 2.12. The van der Waals surface area contributed by atoms with E-state index in [2.05, 4.69) is 4.98 Å². The third-order valence-electron chi connectivity index (χ3n) is 1.26. The van der Waals surface area contributed by atoms with Crippen molar-refractivity contribution in [3.05, 3.63) is 24.0 Å². The van der Waals surface area contributed by atoms with Gasteiger partial charge in [-0.2, -0.15) is 0 Å². The highest BCUT2D eigenvalue weighted by molar-refractivity contribution is 5.22. The number of rotatable bonds is 3. The van der Waals surface area contributed by atoms with Crippen LogP contribution < -0.4 is 4.74 Å². The topological polar surface area (TPSA) is 42.4 Å². The molecule has 1 aromatic rings. The van der Waals surface area contributed by atoms with E-state index in [9.17, 15) is 0 Å². The lowest BCUT2D eigenvalue weighted by molar-refractivity contribution is 0.279. The molecule has 0 fully saturated rings. The van der Waals surface area contributed by atoms with E-state index in [0.717, 1.165) is 5.56 Å². The van der Waals surface area contributed by atoms with Gasteiger partial charge in [0.1, 0.15) is 5.75 Å². The summed E-state index contributed by atoms with van der Waals surface area (Å²) in [5, 5.41) is 8.73. The Balaban J connectivity index is 2.74. The van der Waals surface area contributed by atoms with E-state index in [1.807, 2.05) is 6.92 Å². The maximum Gasteiger partial charge on any atom is 0.137 e. The van der Waals surface area contributed by atoms with E-state index >= 15 is 0 Å². The summed E-state index contributed by atoms with van der Waals surface area (Å²) >= 11 is 0. The molecular weight excluding hydrogens is 142 g/mol. The molecule has 0 bridgehead atoms. The largest absolute Gasteiger partial charge is 0.492 e. The molecule has 0 amide bonds. The standard InChI is InChI=1S/C8H11NO2/c1-2-11-8-3-7(6-10)4-9-5-8/h3-5,10H,2,6H2,1H3. The van der Waals surface area contributed by atoms with Crippen molar-refractivity contribution in [1.29, 1.82) is 0 Å². The van der Waals surface area contributed by atoms with Gasteiger partial charge in [-0.15, -0.1) is 0 Å². The summed E-state index contributed by atoms with van der Waals surface area (Å²) in [6.45, 7) is 2.54. The minimum Gasteiger partial charge on any atom is -0.492 e. The number of nitrogens with zero attached hydrogens (tertiary/aromatic N) is 1. The number of hydrogen-bond donors (Lipinski definition) is 1. The average molecular weight is 153 g/mol. The Morgan fingerprint density at radius 2 is 2.36 bits per heavy atom. The fourth-order valence-electron chi connectivity index (χ4n) is 0.796. The van der Waals surface area contributed by atoms with Gasteiger partial charge in [0.15, 0.2) is 0 Å². The molecule has 60 valence electrons. The quantitative estimate of drug-likeness (QED) is 0.703. The fourth-order valence-corrected chi connectivity index (χ4v) is 0.796. The summed E-state index contributed by atoms with van der Waals surface area (Å²) in [6.07, 6.45) is 3.24. The highest BCUT2D eigenvalue weighted by atomic mass is 16.5. The van der Waals surface area contributed by atoms with Crippen molar-refractivity contribution in [2.75, 3.05) is 6.61 Å². The zero-order valence-electron chi connectivity index (χ0n) is 6.45. The summed E-state index contributed by atoms with van der Waals surface area (Å²) in [5.41, 5.74) is 0.774. The molecule has 0 aliphatic heterocycles. The van der Waals surface area contributed by atoms with Gasteiger partial charge in [0.2, 0.25) is 0 Å². The minimum absolute atomic E-state index is 0.00785. The van der Waals surface area contributed by atoms with Gasteiger partial charge in [-0.25, -0.2) is 0 Å². The predicted molar refractivity (Wildman–Crippen MR) is 41.3 cm³/mol. The molecule has 0 radical (unpaired) electrons. The van der Waals surface area contributed by atoms with Gasteiger partial charge in [-0.05, 0) is 18.6 Å². The molecule has 0 aliphatic rings. The van der Waals surface area contributed by atoms with Crippen LogP contribution in [0.4, 0.5) is 0 Å². The zero-order chi connectivity index (χ0) is 8.10. The van der Waals surface area contributed by atoms with Gasteiger partial charge in [-0.3, -0.25) is 4.98 Å². The summed E-state index contributed by atoms with van der Waals surface area (Å²) < 4.78 is 5.17. The first kappa shape index (κ1) is 8.01. The van der Waals surface area contributed by atoms with Crippen molar-refractivity contribution >= 4 is 0 Å². The molecule has 1 aromatic heterocycles. The molecule has 3 nitrogen and oxygen atoms in total. The second-order valence-electron chi connectivity index (χ2n) is 2.12. The molecule has 1 rings (SSSR count). The smallest absolute Gasteiger partial charge is 0.137 e. The van der Waals surface area contributed by atoms with Gasteiger partial charge in [0, 0.05) is 6.20 Å². The van der Waals surface area contributed by atoms with Crippen LogP contribution in [0.5, 0.6) is 5.75 Å². The van der Waals surface area contributed by atoms with Crippen molar-refractivity contribution in [3.63, 3.8) is 0 Å². The molecule has 0 unspecified atom stereocenters. The van der Waals surface area contributed by atoms with Crippen molar-refractivity contribution in [2.24, 2.45) is 0 Å². The Labute approximate surface area is 65.7 Å². The summed E-state index contributed by atoms with van der Waals surface area (Å²) in [4.78, 5) is 3.89. The van der Waals surface area contributed by atoms with Gasteiger partial charge < -0.3 is 9.84 Å². The van der Waals surface area contributed by atoms with Gasteiger partial charge in [0.25, 0.3) is 0 Å². The van der Waals surface area contributed by atoms with Crippen LogP contribution in [0.15, 0.2) is 18.5 Å². The van der Waals surface area contributed by atoms with Gasteiger partial charge in [-0.1, -0.05) is 0 Å². The number of aliphatic hydroxyl groups is 1. The number of aliphatic hydroxyl groups excluding tert-OH is 1. The van der Waals surface area contributed by atoms with Crippen molar-refractivity contribution in [3.8, 4) is 5.75 Å². The summed E-state index contributed by atoms with van der Waals surface area (Å²) in [5.74, 6) is 0.707. The van der Waals surface area contributed by atoms with Crippen molar-refractivity contribution in [2.45, 2.75) is 13.5 Å². The van der Waals surface area contributed by atoms with Crippen LogP contribution in [-0.4, -0.2) is 16.7 Å². The molecule has 1 N–H and O–H groups in total. The van der Waals surface area contributed by atoms with E-state index in [1.54, 1.807) is 18.5 Å². The Hall–Kier alpha value is -1.09. The molecule has 11 heavy (non-hydrogen) atoms. The molecule has 0 atom stereocenters. The van der Waals surface area contributed by atoms with Crippen molar-refractivity contribution < 1.29 is 9.84 Å². The maximum absolute atomic E-state index is 8.73. The zero-order valence-corrected chi connectivity index (χ0v) is 6.45. The normalized spacial score (nSPS) is 9.64. The lowest BCUT2D eigenvalue weighted by Crippen LogP contribution is -1.93. The van der Waals surface area contributed by atoms with Crippen LogP contribution in [-0.2, 0) is 6.61 Å². The van der Waals surface area contributed by atoms with Crippen LogP contribution in [0.25, 0.3) is 0 Å². The molecule has 0 saturated heterocycles. The molecule has 0 aliphatic carbocycles. The molecular formula is C8H11NO2. The summed E-state index contributed by atoms with van der Waals surface area (Å²) in [6, 6.07) is 1.77. The number of ether oxygens (including phenoxy) is 1. The van der Waals surface area contributed by atoms with Gasteiger partial charge >= 0.3 is 0 Å². The van der Waals surface area contributed by atoms with E-state index in [4.69, 9.17) is 9.84 Å². The lowest BCUT2D eigenvalue weighted by Gasteiger charge is -2.02. The molecule has 0 spiro atoms. The number of pyridine rings is 1. The van der Waals surface area contributed by atoms with E-state index in [-0.39, 0.29) is 6.61 Å². The fraction of sp³-hybridized carbons (Fsp3) is 0.375. The molecule has 0 saturated carbocycles. The number of hydrogen-bond acceptors (Lipinski definition) is 3. The minimum atomic E-state index is 0.00785. The average Bonchev–Trinajstić information content (AvgIpc) is 2.06. The highest BCUT2D eigenvalue weighted by Crippen LogP contribution is 2.10. The molecule has 1 heterocycles.